The van der Waals surface area contributed by atoms with Gasteiger partial charge in [-0.1, -0.05) is 6.07 Å². The molecule has 144 valence electrons. The summed E-state index contributed by atoms with van der Waals surface area (Å²) in [6.45, 7) is 7.08. The van der Waals surface area contributed by atoms with Crippen LogP contribution in [0.4, 0.5) is 11.8 Å². The van der Waals surface area contributed by atoms with E-state index in [1.807, 2.05) is 36.2 Å². The third-order valence-corrected chi connectivity index (χ3v) is 4.90. The number of aromatic nitrogens is 3. The molecule has 1 amide bonds. The van der Waals surface area contributed by atoms with E-state index in [2.05, 4.69) is 35.2 Å². The van der Waals surface area contributed by atoms with Crippen molar-refractivity contribution in [1.82, 2.24) is 19.9 Å². The predicted molar refractivity (Wildman–Crippen MR) is 107 cm³/mol. The van der Waals surface area contributed by atoms with E-state index in [0.29, 0.717) is 19.0 Å². The molecular formula is C20H28N6O. The first-order valence-electron chi connectivity index (χ1n) is 9.34. The summed E-state index contributed by atoms with van der Waals surface area (Å²) in [6, 6.07) is 4.22. The number of pyridine rings is 1. The number of anilines is 2. The highest BCUT2D eigenvalue weighted by Crippen LogP contribution is 2.26. The van der Waals surface area contributed by atoms with Gasteiger partial charge in [-0.05, 0) is 31.9 Å². The van der Waals surface area contributed by atoms with E-state index in [-0.39, 0.29) is 11.9 Å². The van der Waals surface area contributed by atoms with Crippen molar-refractivity contribution in [3.63, 3.8) is 0 Å². The largest absolute Gasteiger partial charge is 0.367 e. The molecule has 7 heteroatoms. The summed E-state index contributed by atoms with van der Waals surface area (Å²) < 4.78 is 0. The van der Waals surface area contributed by atoms with Crippen LogP contribution < -0.4 is 10.2 Å². The zero-order chi connectivity index (χ0) is 19.6. The molecule has 3 heterocycles. The summed E-state index contributed by atoms with van der Waals surface area (Å²) in [5.74, 6) is 1.61. The first-order valence-corrected chi connectivity index (χ1v) is 9.34. The zero-order valence-corrected chi connectivity index (χ0v) is 16.8. The van der Waals surface area contributed by atoms with Crippen LogP contribution >= 0.6 is 0 Å². The molecule has 0 spiro atoms. The van der Waals surface area contributed by atoms with Crippen LogP contribution in [0.25, 0.3) is 0 Å². The van der Waals surface area contributed by atoms with Gasteiger partial charge in [0.15, 0.2) is 0 Å². The number of carbonyl (C=O) groups excluding carboxylic acids is 1. The molecular weight excluding hydrogens is 340 g/mol. The highest BCUT2D eigenvalue weighted by atomic mass is 16.2. The molecule has 27 heavy (non-hydrogen) atoms. The van der Waals surface area contributed by atoms with E-state index in [4.69, 9.17) is 4.98 Å². The molecule has 0 saturated heterocycles. The van der Waals surface area contributed by atoms with Gasteiger partial charge in [-0.2, -0.15) is 4.98 Å². The first kappa shape index (κ1) is 19.1. The summed E-state index contributed by atoms with van der Waals surface area (Å²) in [5.41, 5.74) is 4.33. The lowest BCUT2D eigenvalue weighted by atomic mass is 10.0. The van der Waals surface area contributed by atoms with Crippen LogP contribution in [-0.4, -0.2) is 52.4 Å². The fourth-order valence-electron chi connectivity index (χ4n) is 3.31. The number of carbonyl (C=O) groups is 1. The second kappa shape index (κ2) is 7.90. The molecule has 0 aliphatic carbocycles. The van der Waals surface area contributed by atoms with Gasteiger partial charge in [-0.25, -0.2) is 4.98 Å². The van der Waals surface area contributed by atoms with Crippen molar-refractivity contribution in [2.24, 2.45) is 0 Å². The number of nitrogens with zero attached hydrogens (tertiary/aromatic N) is 5. The molecule has 0 aromatic carbocycles. The molecule has 1 N–H and O–H groups in total. The van der Waals surface area contributed by atoms with Gasteiger partial charge in [-0.15, -0.1) is 0 Å². The van der Waals surface area contributed by atoms with Crippen LogP contribution in [0, 0.1) is 6.92 Å². The third kappa shape index (κ3) is 4.35. The van der Waals surface area contributed by atoms with Gasteiger partial charge in [0.2, 0.25) is 11.9 Å². The van der Waals surface area contributed by atoms with Gasteiger partial charge in [0.05, 0.1) is 12.2 Å². The fourth-order valence-corrected chi connectivity index (χ4v) is 3.31. The maximum absolute atomic E-state index is 11.8. The van der Waals surface area contributed by atoms with Crippen molar-refractivity contribution in [3.05, 3.63) is 40.8 Å². The zero-order valence-electron chi connectivity index (χ0n) is 16.8. The standard InChI is InChI=1S/C20H28N6O/c1-13-7-6-9-21-17(13)11-14(2)22-19-16-8-10-26(15(3)27)12-18(16)23-20(24-19)25(4)5/h6-7,9,14H,8,10-12H2,1-5H3,(H,22,23,24)/t14-/m1/s1. The van der Waals surface area contributed by atoms with Crippen LogP contribution in [0.5, 0.6) is 0 Å². The fraction of sp³-hybridized carbons (Fsp3) is 0.500. The van der Waals surface area contributed by atoms with Crippen molar-refractivity contribution in [2.45, 2.75) is 46.2 Å². The number of hydrogen-bond donors (Lipinski definition) is 1. The quantitative estimate of drug-likeness (QED) is 0.872. The molecule has 0 radical (unpaired) electrons. The van der Waals surface area contributed by atoms with Crippen LogP contribution in [0.2, 0.25) is 0 Å². The lowest BCUT2D eigenvalue weighted by Crippen LogP contribution is -2.36. The molecule has 0 fully saturated rings. The maximum atomic E-state index is 11.8. The minimum absolute atomic E-state index is 0.0826. The summed E-state index contributed by atoms with van der Waals surface area (Å²) in [4.78, 5) is 29.4. The van der Waals surface area contributed by atoms with Crippen LogP contribution in [0.3, 0.4) is 0 Å². The Morgan fingerprint density at radius 2 is 2.15 bits per heavy atom. The van der Waals surface area contributed by atoms with Crippen molar-refractivity contribution in [3.8, 4) is 0 Å². The molecule has 7 nitrogen and oxygen atoms in total. The summed E-state index contributed by atoms with van der Waals surface area (Å²) in [5, 5.41) is 3.56. The Morgan fingerprint density at radius 1 is 1.37 bits per heavy atom. The molecule has 0 saturated carbocycles. The second-order valence-electron chi connectivity index (χ2n) is 7.40. The molecule has 0 bridgehead atoms. The number of nitrogens with one attached hydrogen (secondary N) is 1. The molecule has 3 rings (SSSR count). The Bertz CT molecular complexity index is 835. The Hall–Kier alpha value is -2.70. The third-order valence-electron chi connectivity index (χ3n) is 4.90. The minimum atomic E-state index is 0.0826. The Labute approximate surface area is 160 Å². The van der Waals surface area contributed by atoms with E-state index < -0.39 is 0 Å². The van der Waals surface area contributed by atoms with E-state index in [9.17, 15) is 4.79 Å². The van der Waals surface area contributed by atoms with Gasteiger partial charge in [0, 0.05) is 57.5 Å². The topological polar surface area (TPSA) is 74.2 Å². The van der Waals surface area contributed by atoms with E-state index in [1.54, 1.807) is 6.92 Å². The van der Waals surface area contributed by atoms with E-state index in [0.717, 1.165) is 35.6 Å². The number of amides is 1. The summed E-state index contributed by atoms with van der Waals surface area (Å²) in [7, 11) is 3.86. The van der Waals surface area contributed by atoms with Crippen LogP contribution in [0.15, 0.2) is 18.3 Å². The predicted octanol–water partition coefficient (Wildman–Crippen LogP) is 2.19. The smallest absolute Gasteiger partial charge is 0.227 e. The molecule has 0 unspecified atom stereocenters. The van der Waals surface area contributed by atoms with Gasteiger partial charge < -0.3 is 15.1 Å². The lowest BCUT2D eigenvalue weighted by molar-refractivity contribution is -0.129. The summed E-state index contributed by atoms with van der Waals surface area (Å²) >= 11 is 0. The number of aryl methyl sites for hydroxylation is 1. The molecule has 1 aliphatic heterocycles. The Morgan fingerprint density at radius 3 is 2.81 bits per heavy atom. The van der Waals surface area contributed by atoms with Crippen LogP contribution in [0.1, 0.15) is 36.4 Å². The number of hydrogen-bond acceptors (Lipinski definition) is 6. The normalized spacial score (nSPS) is 14.5. The molecule has 2 aromatic heterocycles. The molecule has 1 aliphatic rings. The van der Waals surface area contributed by atoms with Crippen molar-refractivity contribution >= 4 is 17.7 Å². The Kier molecular flexibility index (Phi) is 5.58. The highest BCUT2D eigenvalue weighted by Gasteiger charge is 2.25. The first-order chi connectivity index (χ1) is 12.8. The van der Waals surface area contributed by atoms with Gasteiger partial charge in [-0.3, -0.25) is 9.78 Å². The second-order valence-corrected chi connectivity index (χ2v) is 7.40. The average Bonchev–Trinajstić information content (AvgIpc) is 2.62. The van der Waals surface area contributed by atoms with E-state index >= 15 is 0 Å². The van der Waals surface area contributed by atoms with Crippen molar-refractivity contribution in [1.29, 1.82) is 0 Å². The highest BCUT2D eigenvalue weighted by molar-refractivity contribution is 5.73. The minimum Gasteiger partial charge on any atom is -0.367 e. The maximum Gasteiger partial charge on any atom is 0.227 e. The van der Waals surface area contributed by atoms with Crippen molar-refractivity contribution < 1.29 is 4.79 Å². The number of fused-ring (bicyclic) bond motifs is 1. The molecule has 2 aromatic rings. The van der Waals surface area contributed by atoms with E-state index in [1.165, 1.54) is 5.56 Å². The lowest BCUT2D eigenvalue weighted by Gasteiger charge is -2.30. The van der Waals surface area contributed by atoms with Gasteiger partial charge >= 0.3 is 0 Å². The number of rotatable bonds is 5. The van der Waals surface area contributed by atoms with Crippen LogP contribution in [-0.2, 0) is 24.2 Å². The van der Waals surface area contributed by atoms with Gasteiger partial charge in [0.25, 0.3) is 0 Å². The monoisotopic (exact) mass is 368 g/mol. The van der Waals surface area contributed by atoms with Crippen molar-refractivity contribution in [2.75, 3.05) is 30.9 Å². The Balaban J connectivity index is 1.86. The SMILES string of the molecule is CC(=O)N1CCc2c(nc(N(C)C)nc2N[C@H](C)Cc2ncccc2C)C1. The van der Waals surface area contributed by atoms with Gasteiger partial charge in [0.1, 0.15) is 5.82 Å². The molecule has 1 atom stereocenters. The average molecular weight is 368 g/mol. The summed E-state index contributed by atoms with van der Waals surface area (Å²) in [6.07, 6.45) is 3.42.